The van der Waals surface area contributed by atoms with E-state index < -0.39 is 0 Å². The van der Waals surface area contributed by atoms with Crippen molar-refractivity contribution in [3.8, 4) is 5.95 Å². The van der Waals surface area contributed by atoms with Crippen molar-refractivity contribution in [1.29, 1.82) is 0 Å². The molecule has 2 aliphatic heterocycles. The van der Waals surface area contributed by atoms with Crippen molar-refractivity contribution in [2.45, 2.75) is 39.8 Å². The monoisotopic (exact) mass is 504 g/mol. The number of ether oxygens (including phenoxy) is 2. The van der Waals surface area contributed by atoms with Crippen molar-refractivity contribution >= 4 is 28.0 Å². The first-order valence-electron chi connectivity index (χ1n) is 13.3. The van der Waals surface area contributed by atoms with Crippen molar-refractivity contribution in [3.63, 3.8) is 0 Å². The minimum absolute atomic E-state index is 0.274. The Labute approximate surface area is 217 Å². The van der Waals surface area contributed by atoms with Crippen molar-refractivity contribution in [2.24, 2.45) is 13.0 Å². The molecule has 1 atom stereocenters. The van der Waals surface area contributed by atoms with Gasteiger partial charge in [-0.15, -0.1) is 0 Å². The molecule has 4 aromatic rings. The van der Waals surface area contributed by atoms with Gasteiger partial charge < -0.3 is 18.9 Å². The molecule has 0 bridgehead atoms. The number of nitrogens with zero attached hydrogens (tertiary/aromatic N) is 8. The number of rotatable bonds is 6. The summed E-state index contributed by atoms with van der Waals surface area (Å²) in [7, 11) is 2.06. The number of aryl methyl sites for hydroxylation is 2. The molecule has 0 saturated carbocycles. The van der Waals surface area contributed by atoms with E-state index >= 15 is 0 Å². The van der Waals surface area contributed by atoms with Crippen molar-refractivity contribution in [3.05, 3.63) is 35.9 Å². The van der Waals surface area contributed by atoms with E-state index in [1.54, 1.807) is 0 Å². The molecule has 1 aromatic carbocycles. The SMILES string of the molecule is Cc1nc2ccccc2n1-c1nc(N2CCOCC2)c2nc(CN3CCOC(CC(C)C)C3)n(C)c2n1. The van der Waals surface area contributed by atoms with E-state index in [9.17, 15) is 0 Å². The maximum atomic E-state index is 6.03. The second-order valence-electron chi connectivity index (χ2n) is 10.5. The molecule has 6 rings (SSSR count). The van der Waals surface area contributed by atoms with E-state index in [0.717, 1.165) is 85.4 Å². The van der Waals surface area contributed by atoms with E-state index in [2.05, 4.69) is 41.3 Å². The van der Waals surface area contributed by atoms with Crippen molar-refractivity contribution in [1.82, 2.24) is 34.0 Å². The lowest BCUT2D eigenvalue weighted by Crippen LogP contribution is -2.42. The fraction of sp³-hybridized carbons (Fsp3) is 0.556. The largest absolute Gasteiger partial charge is 0.378 e. The van der Waals surface area contributed by atoms with Crippen LogP contribution in [0.1, 0.15) is 31.9 Å². The normalized spacial score (nSPS) is 19.5. The predicted octanol–water partition coefficient (Wildman–Crippen LogP) is 3.09. The minimum atomic E-state index is 0.274. The van der Waals surface area contributed by atoms with Gasteiger partial charge in [0.05, 0.1) is 43.5 Å². The van der Waals surface area contributed by atoms with Crippen LogP contribution < -0.4 is 4.90 Å². The molecule has 0 spiro atoms. The Morgan fingerprint density at radius 2 is 1.81 bits per heavy atom. The Kier molecular flexibility index (Phi) is 6.56. The van der Waals surface area contributed by atoms with Crippen LogP contribution in [0.4, 0.5) is 5.82 Å². The van der Waals surface area contributed by atoms with Crippen LogP contribution in [0, 0.1) is 12.8 Å². The molecule has 1 unspecified atom stereocenters. The van der Waals surface area contributed by atoms with Crippen LogP contribution in [0.5, 0.6) is 0 Å². The van der Waals surface area contributed by atoms with E-state index in [-0.39, 0.29) is 6.10 Å². The quantitative estimate of drug-likeness (QED) is 0.396. The maximum absolute atomic E-state index is 6.03. The average Bonchev–Trinajstić information content (AvgIpc) is 3.39. The summed E-state index contributed by atoms with van der Waals surface area (Å²) >= 11 is 0. The Balaban J connectivity index is 1.42. The molecule has 3 aromatic heterocycles. The highest BCUT2D eigenvalue weighted by Crippen LogP contribution is 2.28. The van der Waals surface area contributed by atoms with Crippen LogP contribution in [0.3, 0.4) is 0 Å². The van der Waals surface area contributed by atoms with Gasteiger partial charge in [-0.05, 0) is 31.4 Å². The molecular formula is C27H36N8O2. The van der Waals surface area contributed by atoms with E-state index in [1.165, 1.54) is 0 Å². The molecule has 10 heteroatoms. The fourth-order valence-corrected chi connectivity index (χ4v) is 5.51. The lowest BCUT2D eigenvalue weighted by atomic mass is 10.0. The van der Waals surface area contributed by atoms with Gasteiger partial charge in [0.1, 0.15) is 11.6 Å². The van der Waals surface area contributed by atoms with Gasteiger partial charge in [-0.2, -0.15) is 9.97 Å². The zero-order valence-electron chi connectivity index (χ0n) is 22.2. The van der Waals surface area contributed by atoms with Gasteiger partial charge in [-0.1, -0.05) is 26.0 Å². The van der Waals surface area contributed by atoms with Crippen LogP contribution in [0.15, 0.2) is 24.3 Å². The maximum Gasteiger partial charge on any atom is 0.239 e. The lowest BCUT2D eigenvalue weighted by molar-refractivity contribution is -0.0408. The zero-order valence-corrected chi connectivity index (χ0v) is 22.2. The number of para-hydroxylation sites is 2. The van der Waals surface area contributed by atoms with Gasteiger partial charge in [-0.3, -0.25) is 9.47 Å². The molecular weight excluding hydrogens is 468 g/mol. The smallest absolute Gasteiger partial charge is 0.239 e. The van der Waals surface area contributed by atoms with Crippen LogP contribution in [0.2, 0.25) is 0 Å². The van der Waals surface area contributed by atoms with Gasteiger partial charge in [0.2, 0.25) is 5.95 Å². The summed E-state index contributed by atoms with van der Waals surface area (Å²) in [5.74, 6) is 3.96. The summed E-state index contributed by atoms with van der Waals surface area (Å²) in [6, 6.07) is 8.13. The summed E-state index contributed by atoms with van der Waals surface area (Å²) in [6.07, 6.45) is 1.35. The standard InChI is InChI=1S/C27H36N8O2/c1-18(2)15-20-16-33(9-14-37-20)17-23-29-24-25(32(23)4)30-27(31-26(24)34-10-12-36-13-11-34)35-19(3)28-21-7-5-6-8-22(21)35/h5-8,18,20H,9-17H2,1-4H3. The average molecular weight is 505 g/mol. The number of aromatic nitrogens is 6. The zero-order chi connectivity index (χ0) is 25.5. The van der Waals surface area contributed by atoms with E-state index in [4.69, 9.17) is 29.4 Å². The van der Waals surface area contributed by atoms with Crippen LogP contribution in [-0.4, -0.2) is 86.1 Å². The molecule has 0 radical (unpaired) electrons. The molecule has 196 valence electrons. The summed E-state index contributed by atoms with van der Waals surface area (Å²) < 4.78 is 15.8. The van der Waals surface area contributed by atoms with Gasteiger partial charge in [-0.25, -0.2) is 9.97 Å². The minimum Gasteiger partial charge on any atom is -0.378 e. The Bertz CT molecular complexity index is 1400. The first kappa shape index (κ1) is 24.3. The predicted molar refractivity (Wildman–Crippen MR) is 143 cm³/mol. The Morgan fingerprint density at radius 1 is 1.00 bits per heavy atom. The molecule has 10 nitrogen and oxygen atoms in total. The lowest BCUT2D eigenvalue weighted by Gasteiger charge is -2.33. The molecule has 2 fully saturated rings. The number of morpholine rings is 2. The summed E-state index contributed by atoms with van der Waals surface area (Å²) in [4.78, 5) is 24.8. The third kappa shape index (κ3) is 4.69. The van der Waals surface area contributed by atoms with Gasteiger partial charge in [0, 0.05) is 33.2 Å². The Hall–Kier alpha value is -3.08. The fourth-order valence-electron chi connectivity index (χ4n) is 5.51. The molecule has 0 N–H and O–H groups in total. The third-order valence-electron chi connectivity index (χ3n) is 7.34. The van der Waals surface area contributed by atoms with Crippen molar-refractivity contribution in [2.75, 3.05) is 50.9 Å². The highest BCUT2D eigenvalue weighted by molar-refractivity contribution is 5.86. The van der Waals surface area contributed by atoms with Crippen LogP contribution in [-0.2, 0) is 23.1 Å². The van der Waals surface area contributed by atoms with Crippen molar-refractivity contribution < 1.29 is 9.47 Å². The van der Waals surface area contributed by atoms with Gasteiger partial charge >= 0.3 is 0 Å². The summed E-state index contributed by atoms with van der Waals surface area (Å²) in [6.45, 7) is 12.8. The number of anilines is 1. The molecule has 37 heavy (non-hydrogen) atoms. The Morgan fingerprint density at radius 3 is 2.62 bits per heavy atom. The summed E-state index contributed by atoms with van der Waals surface area (Å²) in [5, 5.41) is 0. The molecule has 0 amide bonds. The summed E-state index contributed by atoms with van der Waals surface area (Å²) in [5.41, 5.74) is 3.62. The molecule has 2 aliphatic rings. The number of imidazole rings is 2. The number of hydrogen-bond acceptors (Lipinski definition) is 8. The van der Waals surface area contributed by atoms with E-state index in [0.29, 0.717) is 25.1 Å². The highest BCUT2D eigenvalue weighted by atomic mass is 16.5. The number of hydrogen-bond donors (Lipinski definition) is 0. The van der Waals surface area contributed by atoms with Gasteiger partial charge in [0.15, 0.2) is 17.0 Å². The van der Waals surface area contributed by atoms with Crippen LogP contribution in [0.25, 0.3) is 28.1 Å². The molecule has 0 aliphatic carbocycles. The molecule has 5 heterocycles. The van der Waals surface area contributed by atoms with Gasteiger partial charge in [0.25, 0.3) is 0 Å². The first-order chi connectivity index (χ1) is 18.0. The highest BCUT2D eigenvalue weighted by Gasteiger charge is 2.26. The number of benzene rings is 1. The second kappa shape index (κ2) is 10.00. The van der Waals surface area contributed by atoms with Crippen LogP contribution >= 0.6 is 0 Å². The van der Waals surface area contributed by atoms with E-state index in [1.807, 2.05) is 29.7 Å². The number of fused-ring (bicyclic) bond motifs is 2. The molecule has 2 saturated heterocycles. The topological polar surface area (TPSA) is 86.4 Å². The third-order valence-corrected chi connectivity index (χ3v) is 7.34. The second-order valence-corrected chi connectivity index (χ2v) is 10.5. The first-order valence-corrected chi connectivity index (χ1v) is 13.3.